The van der Waals surface area contributed by atoms with Crippen LogP contribution in [0.2, 0.25) is 0 Å². The highest BCUT2D eigenvalue weighted by molar-refractivity contribution is 5.70. The molecule has 0 bridgehead atoms. The molecule has 3 heterocycles. The van der Waals surface area contributed by atoms with E-state index >= 15 is 0 Å². The molecule has 0 unspecified atom stereocenters. The third kappa shape index (κ3) is 4.97. The van der Waals surface area contributed by atoms with Crippen molar-refractivity contribution in [3.63, 3.8) is 0 Å². The highest BCUT2D eigenvalue weighted by Crippen LogP contribution is 2.19. The minimum atomic E-state index is -0.328. The van der Waals surface area contributed by atoms with Crippen molar-refractivity contribution in [2.75, 3.05) is 13.1 Å². The van der Waals surface area contributed by atoms with Crippen LogP contribution in [0.1, 0.15) is 24.3 Å². The van der Waals surface area contributed by atoms with Gasteiger partial charge >= 0.3 is 6.09 Å². The van der Waals surface area contributed by atoms with Crippen molar-refractivity contribution in [1.82, 2.24) is 20.0 Å². The minimum absolute atomic E-state index is 0.0368. The fraction of sp³-hybridized carbons (Fsp3) is 0.333. The fourth-order valence-corrected chi connectivity index (χ4v) is 3.10. The van der Waals surface area contributed by atoms with Gasteiger partial charge in [0.25, 0.3) is 5.89 Å². The number of likely N-dealkylation sites (tertiary alicyclic amines) is 1. The molecule has 0 N–H and O–H groups in total. The number of benzene rings is 1. The Morgan fingerprint density at radius 2 is 1.86 bits per heavy atom. The van der Waals surface area contributed by atoms with E-state index in [2.05, 4.69) is 15.1 Å². The molecule has 3 aromatic rings. The summed E-state index contributed by atoms with van der Waals surface area (Å²) in [6.07, 6.45) is 4.53. The summed E-state index contributed by atoms with van der Waals surface area (Å²) in [5.74, 6) is 1.50. The van der Waals surface area contributed by atoms with E-state index < -0.39 is 0 Å². The lowest BCUT2D eigenvalue weighted by atomic mass is 10.1. The molecule has 29 heavy (non-hydrogen) atoms. The summed E-state index contributed by atoms with van der Waals surface area (Å²) >= 11 is 0. The monoisotopic (exact) mass is 394 g/mol. The van der Waals surface area contributed by atoms with E-state index in [9.17, 15) is 4.79 Å². The Labute approximate surface area is 168 Å². The van der Waals surface area contributed by atoms with Crippen LogP contribution in [0.15, 0.2) is 53.3 Å². The smallest absolute Gasteiger partial charge is 0.410 e. The molecule has 0 spiro atoms. The predicted molar refractivity (Wildman–Crippen MR) is 104 cm³/mol. The van der Waals surface area contributed by atoms with Gasteiger partial charge in [0.15, 0.2) is 0 Å². The molecular weight excluding hydrogens is 372 g/mol. The number of rotatable bonds is 5. The van der Waals surface area contributed by atoms with Gasteiger partial charge in [-0.05, 0) is 44.0 Å². The molecule has 1 fully saturated rings. The number of piperidine rings is 1. The molecule has 0 atom stereocenters. The first kappa shape index (κ1) is 19.1. The molecule has 0 radical (unpaired) electrons. The van der Waals surface area contributed by atoms with Gasteiger partial charge in [-0.15, -0.1) is 0 Å². The van der Waals surface area contributed by atoms with Crippen LogP contribution in [0.3, 0.4) is 0 Å². The maximum Gasteiger partial charge on any atom is 0.415 e. The molecule has 1 aromatic carbocycles. The number of hydrogen-bond donors (Lipinski definition) is 0. The minimum Gasteiger partial charge on any atom is -0.410 e. The van der Waals surface area contributed by atoms with E-state index in [1.807, 2.05) is 31.2 Å². The van der Waals surface area contributed by atoms with Crippen LogP contribution in [0.25, 0.3) is 11.4 Å². The van der Waals surface area contributed by atoms with Gasteiger partial charge in [-0.3, -0.25) is 4.98 Å². The maximum atomic E-state index is 12.3. The van der Waals surface area contributed by atoms with Gasteiger partial charge < -0.3 is 18.9 Å². The lowest BCUT2D eigenvalue weighted by Gasteiger charge is -2.30. The third-order valence-corrected chi connectivity index (χ3v) is 4.78. The zero-order valence-electron chi connectivity index (χ0n) is 16.2. The summed E-state index contributed by atoms with van der Waals surface area (Å²) in [4.78, 5) is 22.3. The van der Waals surface area contributed by atoms with Gasteiger partial charge in [0.1, 0.15) is 12.4 Å². The Hall–Kier alpha value is -3.26. The van der Waals surface area contributed by atoms with E-state index in [1.165, 1.54) is 0 Å². The van der Waals surface area contributed by atoms with Crippen molar-refractivity contribution in [1.29, 1.82) is 0 Å². The molecule has 0 aliphatic carbocycles. The number of aryl methyl sites for hydroxylation is 1. The normalized spacial score (nSPS) is 14.7. The number of pyridine rings is 1. The number of amides is 1. The Morgan fingerprint density at radius 1 is 1.14 bits per heavy atom. The van der Waals surface area contributed by atoms with E-state index in [0.717, 1.165) is 24.0 Å². The van der Waals surface area contributed by atoms with Crippen molar-refractivity contribution >= 4 is 6.09 Å². The van der Waals surface area contributed by atoms with E-state index in [1.54, 1.807) is 29.4 Å². The zero-order valence-corrected chi connectivity index (χ0v) is 16.2. The summed E-state index contributed by atoms with van der Waals surface area (Å²) in [5.41, 5.74) is 1.97. The van der Waals surface area contributed by atoms with Crippen molar-refractivity contribution in [2.45, 2.75) is 32.5 Å². The van der Waals surface area contributed by atoms with Crippen LogP contribution in [0.5, 0.6) is 5.75 Å². The van der Waals surface area contributed by atoms with Crippen LogP contribution in [-0.4, -0.2) is 45.3 Å². The van der Waals surface area contributed by atoms with Crippen LogP contribution < -0.4 is 4.74 Å². The first-order valence-corrected chi connectivity index (χ1v) is 9.55. The summed E-state index contributed by atoms with van der Waals surface area (Å²) in [6.45, 7) is 3.41. The van der Waals surface area contributed by atoms with Gasteiger partial charge in [0, 0.05) is 31.0 Å². The SMILES string of the molecule is Cc1ccc(OC(=O)N2CCC(OCc3nc(-c4ccncc4)no3)CC2)cc1. The van der Waals surface area contributed by atoms with Crippen LogP contribution in [0, 0.1) is 6.92 Å². The summed E-state index contributed by atoms with van der Waals surface area (Å²) < 4.78 is 16.6. The largest absolute Gasteiger partial charge is 0.415 e. The van der Waals surface area contributed by atoms with Crippen LogP contribution in [0.4, 0.5) is 4.79 Å². The van der Waals surface area contributed by atoms with Gasteiger partial charge in [0.2, 0.25) is 5.82 Å². The highest BCUT2D eigenvalue weighted by atomic mass is 16.6. The number of aromatic nitrogens is 3. The van der Waals surface area contributed by atoms with Gasteiger partial charge in [-0.25, -0.2) is 4.79 Å². The van der Waals surface area contributed by atoms with Gasteiger partial charge in [-0.2, -0.15) is 4.98 Å². The van der Waals surface area contributed by atoms with Crippen molar-refractivity contribution in [2.24, 2.45) is 0 Å². The Kier molecular flexibility index (Phi) is 5.81. The summed E-state index contributed by atoms with van der Waals surface area (Å²) in [6, 6.07) is 11.1. The van der Waals surface area contributed by atoms with Crippen molar-refractivity contribution < 1.29 is 18.8 Å². The lowest BCUT2D eigenvalue weighted by Crippen LogP contribution is -2.42. The number of hydrogen-bond acceptors (Lipinski definition) is 7. The summed E-state index contributed by atoms with van der Waals surface area (Å²) in [7, 11) is 0. The number of carbonyl (C=O) groups is 1. The lowest BCUT2D eigenvalue weighted by molar-refractivity contribution is -0.00891. The average Bonchev–Trinajstić information content (AvgIpc) is 3.24. The zero-order chi connectivity index (χ0) is 20.1. The summed E-state index contributed by atoms with van der Waals surface area (Å²) in [5, 5.41) is 3.97. The van der Waals surface area contributed by atoms with Crippen molar-refractivity contribution in [3.05, 3.63) is 60.2 Å². The average molecular weight is 394 g/mol. The maximum absolute atomic E-state index is 12.3. The topological polar surface area (TPSA) is 90.6 Å². The molecule has 4 rings (SSSR count). The second-order valence-electron chi connectivity index (χ2n) is 6.93. The van der Waals surface area contributed by atoms with Crippen molar-refractivity contribution in [3.8, 4) is 17.1 Å². The number of ether oxygens (including phenoxy) is 2. The van der Waals surface area contributed by atoms with Gasteiger partial charge in [0.05, 0.1) is 6.10 Å². The highest BCUT2D eigenvalue weighted by Gasteiger charge is 2.25. The molecule has 1 aliphatic rings. The first-order chi connectivity index (χ1) is 14.2. The van der Waals surface area contributed by atoms with E-state index in [-0.39, 0.29) is 18.8 Å². The predicted octanol–water partition coefficient (Wildman–Crippen LogP) is 3.62. The van der Waals surface area contributed by atoms with Crippen LogP contribution >= 0.6 is 0 Å². The molecule has 2 aromatic heterocycles. The van der Waals surface area contributed by atoms with Crippen LogP contribution in [-0.2, 0) is 11.3 Å². The fourth-order valence-electron chi connectivity index (χ4n) is 3.10. The number of nitrogens with zero attached hydrogens (tertiary/aromatic N) is 4. The molecule has 150 valence electrons. The molecule has 8 heteroatoms. The second-order valence-corrected chi connectivity index (χ2v) is 6.93. The quantitative estimate of drug-likeness (QED) is 0.653. The first-order valence-electron chi connectivity index (χ1n) is 9.55. The molecule has 0 saturated carbocycles. The Bertz CT molecular complexity index is 935. The molecule has 1 saturated heterocycles. The Balaban J connectivity index is 1.22. The van der Waals surface area contributed by atoms with E-state index in [4.69, 9.17) is 14.0 Å². The second kappa shape index (κ2) is 8.83. The van der Waals surface area contributed by atoms with E-state index in [0.29, 0.717) is 30.6 Å². The molecule has 8 nitrogen and oxygen atoms in total. The van der Waals surface area contributed by atoms with Gasteiger partial charge in [-0.1, -0.05) is 22.9 Å². The Morgan fingerprint density at radius 3 is 2.59 bits per heavy atom. The molecule has 1 amide bonds. The molecule has 1 aliphatic heterocycles. The third-order valence-electron chi connectivity index (χ3n) is 4.78. The molecular formula is C21H22N4O4. The number of carbonyl (C=O) groups excluding carboxylic acids is 1. The standard InChI is InChI=1S/C21H22N4O4/c1-15-2-4-18(5-3-15)28-21(26)25-12-8-17(9-13-25)27-14-19-23-20(24-29-19)16-6-10-22-11-7-16/h2-7,10-11,17H,8-9,12-14H2,1H3.